The van der Waals surface area contributed by atoms with Gasteiger partial charge in [0.15, 0.2) is 0 Å². The summed E-state index contributed by atoms with van der Waals surface area (Å²) in [5.41, 5.74) is 1.85. The molecule has 0 aliphatic carbocycles. The van der Waals surface area contributed by atoms with E-state index in [-0.39, 0.29) is 0 Å². The Labute approximate surface area is 96.4 Å². The molecular formula is C13H19NO2. The summed E-state index contributed by atoms with van der Waals surface area (Å²) in [4.78, 5) is 0. The van der Waals surface area contributed by atoms with Gasteiger partial charge in [-0.05, 0) is 12.5 Å². The van der Waals surface area contributed by atoms with Gasteiger partial charge in [0.1, 0.15) is 5.60 Å². The van der Waals surface area contributed by atoms with E-state index < -0.39 is 5.60 Å². The van der Waals surface area contributed by atoms with Crippen LogP contribution in [0.15, 0.2) is 24.3 Å². The second kappa shape index (κ2) is 4.95. The smallest absolute Gasteiger partial charge is 0.102 e. The van der Waals surface area contributed by atoms with Crippen molar-refractivity contribution >= 4 is 0 Å². The third kappa shape index (κ3) is 3.04. The SMILES string of the molecule is Cc1ccc(CNCC2(O)CCOC2)cc1. The van der Waals surface area contributed by atoms with Gasteiger partial charge in [0.25, 0.3) is 0 Å². The van der Waals surface area contributed by atoms with E-state index in [4.69, 9.17) is 4.74 Å². The third-order valence-electron chi connectivity index (χ3n) is 2.99. The van der Waals surface area contributed by atoms with E-state index in [2.05, 4.69) is 36.5 Å². The Morgan fingerprint density at radius 1 is 1.38 bits per heavy atom. The number of hydrogen-bond donors (Lipinski definition) is 2. The average molecular weight is 221 g/mol. The van der Waals surface area contributed by atoms with Gasteiger partial charge in [-0.3, -0.25) is 0 Å². The van der Waals surface area contributed by atoms with Gasteiger partial charge < -0.3 is 15.2 Å². The number of rotatable bonds is 4. The highest BCUT2D eigenvalue weighted by molar-refractivity contribution is 5.21. The molecule has 2 rings (SSSR count). The highest BCUT2D eigenvalue weighted by atomic mass is 16.5. The van der Waals surface area contributed by atoms with Crippen LogP contribution in [0.5, 0.6) is 0 Å². The van der Waals surface area contributed by atoms with Gasteiger partial charge in [0, 0.05) is 26.1 Å². The summed E-state index contributed by atoms with van der Waals surface area (Å²) in [6.07, 6.45) is 0.730. The van der Waals surface area contributed by atoms with Crippen molar-refractivity contribution in [3.05, 3.63) is 35.4 Å². The lowest BCUT2D eigenvalue weighted by atomic mass is 10.0. The Morgan fingerprint density at radius 2 is 2.12 bits per heavy atom. The predicted octanol–water partition coefficient (Wildman–Crippen LogP) is 1.24. The van der Waals surface area contributed by atoms with E-state index in [0.29, 0.717) is 19.8 Å². The van der Waals surface area contributed by atoms with Crippen LogP contribution in [0.1, 0.15) is 17.5 Å². The van der Waals surface area contributed by atoms with Crippen LogP contribution in [0.3, 0.4) is 0 Å². The number of aryl methyl sites for hydroxylation is 1. The molecule has 3 heteroatoms. The summed E-state index contributed by atoms with van der Waals surface area (Å²) in [6.45, 7) is 4.59. The number of hydrogen-bond acceptors (Lipinski definition) is 3. The molecule has 1 saturated heterocycles. The molecule has 1 fully saturated rings. The van der Waals surface area contributed by atoms with Crippen molar-refractivity contribution in [1.29, 1.82) is 0 Å². The van der Waals surface area contributed by atoms with Crippen LogP contribution in [0, 0.1) is 6.92 Å². The van der Waals surface area contributed by atoms with Crippen LogP contribution in [0.2, 0.25) is 0 Å². The van der Waals surface area contributed by atoms with Crippen molar-refractivity contribution in [1.82, 2.24) is 5.32 Å². The first-order valence-electron chi connectivity index (χ1n) is 5.74. The van der Waals surface area contributed by atoms with E-state index in [1.807, 2.05) is 0 Å². The predicted molar refractivity (Wildman–Crippen MR) is 63.3 cm³/mol. The van der Waals surface area contributed by atoms with Crippen LogP contribution in [-0.4, -0.2) is 30.5 Å². The Morgan fingerprint density at radius 3 is 2.75 bits per heavy atom. The molecule has 16 heavy (non-hydrogen) atoms. The van der Waals surface area contributed by atoms with Gasteiger partial charge in [-0.15, -0.1) is 0 Å². The van der Waals surface area contributed by atoms with Crippen LogP contribution in [0.25, 0.3) is 0 Å². The molecule has 1 aliphatic heterocycles. The fourth-order valence-corrected chi connectivity index (χ4v) is 1.88. The maximum Gasteiger partial charge on any atom is 0.102 e. The number of aliphatic hydroxyl groups is 1. The van der Waals surface area contributed by atoms with Crippen molar-refractivity contribution < 1.29 is 9.84 Å². The second-order valence-electron chi connectivity index (χ2n) is 4.62. The Balaban J connectivity index is 1.77. The summed E-state index contributed by atoms with van der Waals surface area (Å²) in [5.74, 6) is 0. The standard InChI is InChI=1S/C13H19NO2/c1-11-2-4-12(5-3-11)8-14-9-13(15)6-7-16-10-13/h2-5,14-15H,6-10H2,1H3. The summed E-state index contributed by atoms with van der Waals surface area (Å²) in [6, 6.07) is 8.42. The van der Waals surface area contributed by atoms with Gasteiger partial charge in [0.05, 0.1) is 6.61 Å². The molecule has 88 valence electrons. The van der Waals surface area contributed by atoms with E-state index in [1.54, 1.807) is 0 Å². The monoisotopic (exact) mass is 221 g/mol. The zero-order valence-electron chi connectivity index (χ0n) is 9.70. The van der Waals surface area contributed by atoms with E-state index in [1.165, 1.54) is 11.1 Å². The largest absolute Gasteiger partial charge is 0.386 e. The lowest BCUT2D eigenvalue weighted by Crippen LogP contribution is -2.40. The van der Waals surface area contributed by atoms with Crippen LogP contribution >= 0.6 is 0 Å². The minimum atomic E-state index is -0.662. The Kier molecular flexibility index (Phi) is 3.59. The van der Waals surface area contributed by atoms with Crippen molar-refractivity contribution in [2.75, 3.05) is 19.8 Å². The number of benzene rings is 1. The zero-order chi connectivity index (χ0) is 11.4. The maximum absolute atomic E-state index is 10.0. The molecule has 1 atom stereocenters. The minimum Gasteiger partial charge on any atom is -0.386 e. The quantitative estimate of drug-likeness (QED) is 0.803. The third-order valence-corrected chi connectivity index (χ3v) is 2.99. The topological polar surface area (TPSA) is 41.5 Å². The molecule has 0 bridgehead atoms. The van der Waals surface area contributed by atoms with Gasteiger partial charge in [-0.25, -0.2) is 0 Å². The lowest BCUT2D eigenvalue weighted by molar-refractivity contribution is 0.0268. The minimum absolute atomic E-state index is 0.452. The first-order chi connectivity index (χ1) is 7.68. The van der Waals surface area contributed by atoms with E-state index in [0.717, 1.165) is 13.0 Å². The fourth-order valence-electron chi connectivity index (χ4n) is 1.88. The molecule has 0 aromatic heterocycles. The summed E-state index contributed by atoms with van der Waals surface area (Å²) in [5, 5.41) is 13.3. The molecule has 0 spiro atoms. The van der Waals surface area contributed by atoms with Crippen molar-refractivity contribution in [2.45, 2.75) is 25.5 Å². The van der Waals surface area contributed by atoms with Gasteiger partial charge in [-0.2, -0.15) is 0 Å². The second-order valence-corrected chi connectivity index (χ2v) is 4.62. The molecule has 1 aliphatic rings. The van der Waals surface area contributed by atoms with E-state index >= 15 is 0 Å². The van der Waals surface area contributed by atoms with Gasteiger partial charge in [-0.1, -0.05) is 29.8 Å². The Hall–Kier alpha value is -0.900. The molecule has 1 heterocycles. The van der Waals surface area contributed by atoms with Crippen LogP contribution in [0.4, 0.5) is 0 Å². The molecule has 1 aromatic rings. The van der Waals surface area contributed by atoms with Crippen LogP contribution < -0.4 is 5.32 Å². The highest BCUT2D eigenvalue weighted by Gasteiger charge is 2.31. The van der Waals surface area contributed by atoms with Gasteiger partial charge >= 0.3 is 0 Å². The first-order valence-corrected chi connectivity index (χ1v) is 5.74. The summed E-state index contributed by atoms with van der Waals surface area (Å²) < 4.78 is 5.19. The van der Waals surface area contributed by atoms with Crippen molar-refractivity contribution in [2.24, 2.45) is 0 Å². The molecule has 0 saturated carbocycles. The summed E-state index contributed by atoms with van der Waals surface area (Å²) >= 11 is 0. The average Bonchev–Trinajstić information content (AvgIpc) is 2.69. The van der Waals surface area contributed by atoms with Crippen molar-refractivity contribution in [3.8, 4) is 0 Å². The first kappa shape index (κ1) is 11.6. The maximum atomic E-state index is 10.0. The molecule has 0 amide bonds. The lowest BCUT2D eigenvalue weighted by Gasteiger charge is -2.20. The number of nitrogens with one attached hydrogen (secondary N) is 1. The highest BCUT2D eigenvalue weighted by Crippen LogP contribution is 2.17. The van der Waals surface area contributed by atoms with Crippen LogP contribution in [-0.2, 0) is 11.3 Å². The molecule has 0 radical (unpaired) electrons. The molecule has 3 nitrogen and oxygen atoms in total. The summed E-state index contributed by atoms with van der Waals surface area (Å²) in [7, 11) is 0. The fraction of sp³-hybridized carbons (Fsp3) is 0.538. The zero-order valence-corrected chi connectivity index (χ0v) is 9.70. The molecule has 1 aromatic carbocycles. The van der Waals surface area contributed by atoms with Crippen molar-refractivity contribution in [3.63, 3.8) is 0 Å². The normalized spacial score (nSPS) is 24.9. The Bertz CT molecular complexity index is 328. The van der Waals surface area contributed by atoms with E-state index in [9.17, 15) is 5.11 Å². The molecule has 2 N–H and O–H groups in total. The number of ether oxygens (including phenoxy) is 1. The molecule has 1 unspecified atom stereocenters. The molecular weight excluding hydrogens is 202 g/mol. The van der Waals surface area contributed by atoms with Gasteiger partial charge in [0.2, 0.25) is 0 Å².